The first-order valence-corrected chi connectivity index (χ1v) is 7.93. The summed E-state index contributed by atoms with van der Waals surface area (Å²) in [7, 11) is -3.71. The first kappa shape index (κ1) is 14.5. The van der Waals surface area contributed by atoms with E-state index in [1.165, 1.54) is 12.1 Å². The molecular formula is C15H16FNO2S. The summed E-state index contributed by atoms with van der Waals surface area (Å²) in [6, 6.07) is 10.9. The minimum atomic E-state index is -3.71. The van der Waals surface area contributed by atoms with E-state index in [-0.39, 0.29) is 16.3 Å². The standard InChI is InChI=1S/C15H16FNO2S/c1-2-11-3-5-12(6-4-11)10-20(18,19)15-8-7-13(17)9-14(15)16/h3-9H,2,10,17H2,1H3. The van der Waals surface area contributed by atoms with Crippen molar-refractivity contribution in [1.82, 2.24) is 0 Å². The predicted molar refractivity (Wildman–Crippen MR) is 77.5 cm³/mol. The zero-order chi connectivity index (χ0) is 14.8. The molecule has 106 valence electrons. The number of nitrogens with two attached hydrogens (primary N) is 1. The quantitative estimate of drug-likeness (QED) is 0.882. The highest BCUT2D eigenvalue weighted by Gasteiger charge is 2.19. The number of rotatable bonds is 4. The highest BCUT2D eigenvalue weighted by atomic mass is 32.2. The van der Waals surface area contributed by atoms with Gasteiger partial charge in [0.25, 0.3) is 0 Å². The summed E-state index contributed by atoms with van der Waals surface area (Å²) in [4.78, 5) is -0.314. The first-order chi connectivity index (χ1) is 9.42. The van der Waals surface area contributed by atoms with Crippen LogP contribution < -0.4 is 5.73 Å². The molecule has 2 aromatic carbocycles. The van der Waals surface area contributed by atoms with Crippen LogP contribution in [0, 0.1) is 5.82 Å². The molecule has 3 nitrogen and oxygen atoms in total. The molecule has 0 bridgehead atoms. The van der Waals surface area contributed by atoms with Crippen molar-refractivity contribution in [2.45, 2.75) is 24.0 Å². The molecular weight excluding hydrogens is 277 g/mol. The predicted octanol–water partition coefficient (Wildman–Crippen LogP) is 2.94. The minimum absolute atomic E-state index is 0.203. The largest absolute Gasteiger partial charge is 0.399 e. The van der Waals surface area contributed by atoms with Gasteiger partial charge in [0.2, 0.25) is 0 Å². The molecule has 0 aliphatic rings. The zero-order valence-corrected chi connectivity index (χ0v) is 12.0. The lowest BCUT2D eigenvalue weighted by atomic mass is 10.1. The molecule has 0 spiro atoms. The number of aryl methyl sites for hydroxylation is 1. The molecule has 0 heterocycles. The van der Waals surface area contributed by atoms with Crippen molar-refractivity contribution < 1.29 is 12.8 Å². The Morgan fingerprint density at radius 2 is 1.65 bits per heavy atom. The summed E-state index contributed by atoms with van der Waals surface area (Å²) in [6.07, 6.45) is 0.889. The second-order valence-electron chi connectivity index (χ2n) is 4.62. The van der Waals surface area contributed by atoms with Gasteiger partial charge in [0, 0.05) is 5.69 Å². The Hall–Kier alpha value is -1.88. The van der Waals surface area contributed by atoms with Crippen molar-refractivity contribution in [1.29, 1.82) is 0 Å². The molecule has 0 saturated heterocycles. The van der Waals surface area contributed by atoms with Gasteiger partial charge in [0.1, 0.15) is 10.7 Å². The van der Waals surface area contributed by atoms with Crippen molar-refractivity contribution in [3.8, 4) is 0 Å². The first-order valence-electron chi connectivity index (χ1n) is 6.28. The van der Waals surface area contributed by atoms with Gasteiger partial charge in [-0.05, 0) is 35.7 Å². The van der Waals surface area contributed by atoms with Gasteiger partial charge < -0.3 is 5.73 Å². The van der Waals surface area contributed by atoms with Gasteiger partial charge in [-0.1, -0.05) is 31.2 Å². The molecule has 20 heavy (non-hydrogen) atoms. The van der Waals surface area contributed by atoms with Crippen LogP contribution in [0.1, 0.15) is 18.1 Å². The van der Waals surface area contributed by atoms with Crippen molar-refractivity contribution in [2.75, 3.05) is 5.73 Å². The summed E-state index contributed by atoms with van der Waals surface area (Å²) < 4.78 is 38.1. The Balaban J connectivity index is 2.30. The Morgan fingerprint density at radius 1 is 1.05 bits per heavy atom. The van der Waals surface area contributed by atoms with Gasteiger partial charge in [-0.25, -0.2) is 12.8 Å². The third-order valence-corrected chi connectivity index (χ3v) is 4.79. The fourth-order valence-corrected chi connectivity index (χ4v) is 3.36. The summed E-state index contributed by atoms with van der Waals surface area (Å²) in [5, 5.41) is 0. The summed E-state index contributed by atoms with van der Waals surface area (Å²) in [6.45, 7) is 2.02. The van der Waals surface area contributed by atoms with E-state index in [0.29, 0.717) is 5.56 Å². The lowest BCUT2D eigenvalue weighted by Gasteiger charge is -2.07. The van der Waals surface area contributed by atoms with Crippen LogP contribution in [-0.2, 0) is 22.0 Å². The highest BCUT2D eigenvalue weighted by Crippen LogP contribution is 2.21. The number of benzene rings is 2. The second kappa shape index (κ2) is 5.63. The van der Waals surface area contributed by atoms with Gasteiger partial charge in [0.15, 0.2) is 9.84 Å². The van der Waals surface area contributed by atoms with Gasteiger partial charge in [-0.2, -0.15) is 0 Å². The van der Waals surface area contributed by atoms with Crippen molar-refractivity contribution in [3.05, 3.63) is 59.4 Å². The average molecular weight is 293 g/mol. The summed E-state index contributed by atoms with van der Waals surface area (Å²) >= 11 is 0. The SMILES string of the molecule is CCc1ccc(CS(=O)(=O)c2ccc(N)cc2F)cc1. The van der Waals surface area contributed by atoms with Gasteiger partial charge in [0.05, 0.1) is 5.75 Å². The monoisotopic (exact) mass is 293 g/mol. The molecule has 2 N–H and O–H groups in total. The van der Waals surface area contributed by atoms with E-state index in [1.54, 1.807) is 12.1 Å². The maximum Gasteiger partial charge on any atom is 0.185 e. The Bertz CT molecular complexity index is 709. The molecule has 0 saturated carbocycles. The Labute approximate surface area is 118 Å². The number of halogens is 1. The molecule has 0 radical (unpaired) electrons. The van der Waals surface area contributed by atoms with Crippen LogP contribution in [0.4, 0.5) is 10.1 Å². The van der Waals surface area contributed by atoms with Gasteiger partial charge in [-0.15, -0.1) is 0 Å². The molecule has 2 rings (SSSR count). The van der Waals surface area contributed by atoms with E-state index >= 15 is 0 Å². The molecule has 0 amide bonds. The topological polar surface area (TPSA) is 60.2 Å². The van der Waals surface area contributed by atoms with Crippen LogP contribution in [0.2, 0.25) is 0 Å². The molecule has 2 aromatic rings. The molecule has 0 fully saturated rings. The summed E-state index contributed by atoms with van der Waals surface area (Å²) in [5.41, 5.74) is 7.39. The van der Waals surface area contributed by atoms with E-state index < -0.39 is 15.7 Å². The smallest absolute Gasteiger partial charge is 0.185 e. The minimum Gasteiger partial charge on any atom is -0.399 e. The molecule has 0 aliphatic carbocycles. The second-order valence-corrected chi connectivity index (χ2v) is 6.58. The lowest BCUT2D eigenvalue weighted by Crippen LogP contribution is -2.07. The maximum atomic E-state index is 13.7. The molecule has 0 unspecified atom stereocenters. The van der Waals surface area contributed by atoms with E-state index in [4.69, 9.17) is 5.73 Å². The zero-order valence-electron chi connectivity index (χ0n) is 11.1. The fourth-order valence-electron chi connectivity index (χ4n) is 1.94. The summed E-state index contributed by atoms with van der Waals surface area (Å²) in [5.74, 6) is -1.03. The van der Waals surface area contributed by atoms with Crippen LogP contribution in [0.3, 0.4) is 0 Å². The van der Waals surface area contributed by atoms with E-state index in [1.807, 2.05) is 19.1 Å². The van der Waals surface area contributed by atoms with Gasteiger partial charge >= 0.3 is 0 Å². The average Bonchev–Trinajstić information content (AvgIpc) is 2.38. The molecule has 0 atom stereocenters. The molecule has 0 aliphatic heterocycles. The number of hydrogen-bond acceptors (Lipinski definition) is 3. The lowest BCUT2D eigenvalue weighted by molar-refractivity contribution is 0.567. The Morgan fingerprint density at radius 3 is 2.20 bits per heavy atom. The van der Waals surface area contributed by atoms with Crippen LogP contribution in [0.15, 0.2) is 47.4 Å². The van der Waals surface area contributed by atoms with Crippen LogP contribution in [-0.4, -0.2) is 8.42 Å². The van der Waals surface area contributed by atoms with E-state index in [2.05, 4.69) is 0 Å². The third kappa shape index (κ3) is 3.17. The van der Waals surface area contributed by atoms with Crippen molar-refractivity contribution in [3.63, 3.8) is 0 Å². The molecule has 0 aromatic heterocycles. The van der Waals surface area contributed by atoms with Crippen molar-refractivity contribution >= 4 is 15.5 Å². The molecule has 5 heteroatoms. The Kier molecular flexibility index (Phi) is 4.09. The normalized spacial score (nSPS) is 11.5. The third-order valence-electron chi connectivity index (χ3n) is 3.08. The van der Waals surface area contributed by atoms with E-state index in [0.717, 1.165) is 18.1 Å². The number of anilines is 1. The van der Waals surface area contributed by atoms with Crippen molar-refractivity contribution in [2.24, 2.45) is 0 Å². The van der Waals surface area contributed by atoms with Crippen LogP contribution >= 0.6 is 0 Å². The maximum absolute atomic E-state index is 13.7. The number of nitrogen functional groups attached to an aromatic ring is 1. The van der Waals surface area contributed by atoms with Crippen LogP contribution in [0.5, 0.6) is 0 Å². The van der Waals surface area contributed by atoms with Crippen LogP contribution in [0.25, 0.3) is 0 Å². The number of sulfone groups is 1. The van der Waals surface area contributed by atoms with Gasteiger partial charge in [-0.3, -0.25) is 0 Å². The highest BCUT2D eigenvalue weighted by molar-refractivity contribution is 7.90. The fraction of sp³-hybridized carbons (Fsp3) is 0.200. The number of hydrogen-bond donors (Lipinski definition) is 1. The van der Waals surface area contributed by atoms with E-state index in [9.17, 15) is 12.8 Å².